The van der Waals surface area contributed by atoms with Crippen LogP contribution in [0.3, 0.4) is 0 Å². The molecule has 0 spiro atoms. The number of halogens is 1. The van der Waals surface area contributed by atoms with Gasteiger partial charge >= 0.3 is 0 Å². The topological polar surface area (TPSA) is 4.36 Å². The first-order valence-corrected chi connectivity index (χ1v) is 3.25. The summed E-state index contributed by atoms with van der Waals surface area (Å²) in [5.41, 5.74) is 1.59. The molecule has 50 valence electrons. The van der Waals surface area contributed by atoms with Crippen LogP contribution in [0.5, 0.6) is 0 Å². The Morgan fingerprint density at radius 3 is 2.70 bits per heavy atom. The summed E-state index contributed by atoms with van der Waals surface area (Å²) in [6.07, 6.45) is 0. The van der Waals surface area contributed by atoms with Crippen LogP contribution in [-0.2, 0) is 0 Å². The lowest BCUT2D eigenvalue weighted by Gasteiger charge is -1.94. The monoisotopic (exact) mass is 151 g/mol. The SMILES string of the molecule is [C-]#[N+]c1cc(C)ccc1Cl. The normalized spacial score (nSPS) is 8.90. The molecule has 1 aromatic rings. The van der Waals surface area contributed by atoms with Gasteiger partial charge in [-0.15, -0.1) is 0 Å². The van der Waals surface area contributed by atoms with Gasteiger partial charge in [0, 0.05) is 5.02 Å². The van der Waals surface area contributed by atoms with E-state index in [0.29, 0.717) is 10.7 Å². The number of hydrogen-bond donors (Lipinski definition) is 0. The van der Waals surface area contributed by atoms with Crippen LogP contribution < -0.4 is 0 Å². The molecule has 0 N–H and O–H groups in total. The highest BCUT2D eigenvalue weighted by Crippen LogP contribution is 2.25. The predicted octanol–water partition coefficient (Wildman–Crippen LogP) is 3.20. The van der Waals surface area contributed by atoms with Crippen LogP contribution in [0.25, 0.3) is 4.85 Å². The van der Waals surface area contributed by atoms with E-state index in [2.05, 4.69) is 4.85 Å². The molecular weight excluding hydrogens is 146 g/mol. The van der Waals surface area contributed by atoms with E-state index >= 15 is 0 Å². The second-order valence-corrected chi connectivity index (χ2v) is 2.47. The third-order valence-electron chi connectivity index (χ3n) is 1.22. The molecule has 1 nitrogen and oxygen atoms in total. The summed E-state index contributed by atoms with van der Waals surface area (Å²) in [5.74, 6) is 0. The lowest BCUT2D eigenvalue weighted by atomic mass is 10.2. The lowest BCUT2D eigenvalue weighted by molar-refractivity contribution is 1.48. The van der Waals surface area contributed by atoms with Crippen molar-refractivity contribution >= 4 is 17.3 Å². The fraction of sp³-hybridized carbons (Fsp3) is 0.125. The number of benzene rings is 1. The Labute approximate surface area is 65.1 Å². The van der Waals surface area contributed by atoms with E-state index in [1.807, 2.05) is 13.0 Å². The molecule has 0 radical (unpaired) electrons. The predicted molar refractivity (Wildman–Crippen MR) is 42.5 cm³/mol. The summed E-state index contributed by atoms with van der Waals surface area (Å²) in [6, 6.07) is 5.40. The molecule has 0 unspecified atom stereocenters. The molecule has 0 saturated carbocycles. The minimum absolute atomic E-state index is 0.528. The molecule has 0 heterocycles. The highest BCUT2D eigenvalue weighted by molar-refractivity contribution is 6.33. The Morgan fingerprint density at radius 1 is 1.50 bits per heavy atom. The molecule has 0 aliphatic heterocycles. The molecular formula is C8H6ClN. The largest absolute Gasteiger partial charge is 0.237 e. The zero-order valence-corrected chi connectivity index (χ0v) is 6.31. The van der Waals surface area contributed by atoms with E-state index in [4.69, 9.17) is 18.2 Å². The highest BCUT2D eigenvalue weighted by atomic mass is 35.5. The fourth-order valence-electron chi connectivity index (χ4n) is 0.708. The maximum Gasteiger partial charge on any atom is 0.205 e. The first-order valence-electron chi connectivity index (χ1n) is 2.87. The Kier molecular flexibility index (Phi) is 1.94. The maximum absolute atomic E-state index is 6.72. The van der Waals surface area contributed by atoms with Crippen LogP contribution in [0, 0.1) is 13.5 Å². The van der Waals surface area contributed by atoms with Gasteiger partial charge in [-0.05, 0) is 6.92 Å². The van der Waals surface area contributed by atoms with Crippen molar-refractivity contribution < 1.29 is 0 Å². The number of aryl methyl sites for hydroxylation is 1. The van der Waals surface area contributed by atoms with Crippen molar-refractivity contribution in [1.82, 2.24) is 0 Å². The van der Waals surface area contributed by atoms with Crippen molar-refractivity contribution in [3.8, 4) is 0 Å². The molecule has 0 amide bonds. The second kappa shape index (κ2) is 2.72. The summed E-state index contributed by atoms with van der Waals surface area (Å²) < 4.78 is 0. The molecule has 0 saturated heterocycles. The van der Waals surface area contributed by atoms with E-state index < -0.39 is 0 Å². The fourth-order valence-corrected chi connectivity index (χ4v) is 0.868. The van der Waals surface area contributed by atoms with E-state index in [0.717, 1.165) is 5.56 Å². The van der Waals surface area contributed by atoms with Crippen molar-refractivity contribution in [3.05, 3.63) is 40.2 Å². The average molecular weight is 152 g/mol. The molecule has 1 rings (SSSR count). The van der Waals surface area contributed by atoms with Crippen molar-refractivity contribution in [1.29, 1.82) is 0 Å². The Bertz CT molecular complexity index is 286. The van der Waals surface area contributed by atoms with Gasteiger partial charge in [-0.25, -0.2) is 4.85 Å². The first kappa shape index (κ1) is 7.11. The van der Waals surface area contributed by atoms with Gasteiger partial charge in [-0.1, -0.05) is 35.4 Å². The zero-order valence-electron chi connectivity index (χ0n) is 5.56. The van der Waals surface area contributed by atoms with Crippen LogP contribution in [0.4, 0.5) is 5.69 Å². The van der Waals surface area contributed by atoms with E-state index in [9.17, 15) is 0 Å². The molecule has 0 aromatic heterocycles. The van der Waals surface area contributed by atoms with Crippen molar-refractivity contribution in [2.75, 3.05) is 0 Å². The van der Waals surface area contributed by atoms with Crippen LogP contribution in [0.1, 0.15) is 5.56 Å². The van der Waals surface area contributed by atoms with Gasteiger partial charge < -0.3 is 0 Å². The number of nitrogens with zero attached hydrogens (tertiary/aromatic N) is 1. The third-order valence-corrected chi connectivity index (χ3v) is 1.54. The van der Waals surface area contributed by atoms with Gasteiger partial charge in [-0.3, -0.25) is 0 Å². The molecule has 0 bridgehead atoms. The number of rotatable bonds is 0. The summed E-state index contributed by atoms with van der Waals surface area (Å²) in [6.45, 7) is 8.66. The first-order chi connectivity index (χ1) is 4.74. The summed E-state index contributed by atoms with van der Waals surface area (Å²) in [5, 5.41) is 0.528. The van der Waals surface area contributed by atoms with E-state index in [-0.39, 0.29) is 0 Å². The van der Waals surface area contributed by atoms with Crippen LogP contribution >= 0.6 is 11.6 Å². The lowest BCUT2D eigenvalue weighted by Crippen LogP contribution is -1.69. The Balaban J connectivity index is 3.25. The molecule has 0 aliphatic rings. The van der Waals surface area contributed by atoms with Gasteiger partial charge in [0.15, 0.2) is 0 Å². The van der Waals surface area contributed by atoms with Gasteiger partial charge in [0.25, 0.3) is 0 Å². The van der Waals surface area contributed by atoms with Crippen LogP contribution in [-0.4, -0.2) is 0 Å². The zero-order chi connectivity index (χ0) is 7.56. The molecule has 0 atom stereocenters. The molecule has 2 heteroatoms. The third kappa shape index (κ3) is 1.29. The van der Waals surface area contributed by atoms with E-state index in [1.165, 1.54) is 0 Å². The Morgan fingerprint density at radius 2 is 2.20 bits per heavy atom. The van der Waals surface area contributed by atoms with Gasteiger partial charge in [-0.2, -0.15) is 0 Å². The standard InChI is InChI=1S/C8H6ClN/c1-6-3-4-7(9)8(5-6)10-2/h3-5H,1H3. The molecule has 0 aliphatic carbocycles. The van der Waals surface area contributed by atoms with Crippen molar-refractivity contribution in [2.24, 2.45) is 0 Å². The van der Waals surface area contributed by atoms with Gasteiger partial charge in [0.05, 0.1) is 6.57 Å². The second-order valence-electron chi connectivity index (χ2n) is 2.07. The highest BCUT2D eigenvalue weighted by Gasteiger charge is 1.96. The maximum atomic E-state index is 6.72. The minimum Gasteiger partial charge on any atom is -0.237 e. The summed E-state index contributed by atoms with van der Waals surface area (Å²) in [7, 11) is 0. The van der Waals surface area contributed by atoms with Crippen molar-refractivity contribution in [3.63, 3.8) is 0 Å². The average Bonchev–Trinajstić information content (AvgIpc) is 1.94. The quantitative estimate of drug-likeness (QED) is 0.502. The Hall–Kier alpha value is -1.00. The van der Waals surface area contributed by atoms with Gasteiger partial charge in [0.1, 0.15) is 0 Å². The smallest absolute Gasteiger partial charge is 0.205 e. The van der Waals surface area contributed by atoms with Crippen molar-refractivity contribution in [2.45, 2.75) is 6.92 Å². The molecule has 10 heavy (non-hydrogen) atoms. The molecule has 0 fully saturated rings. The minimum atomic E-state index is 0.528. The van der Waals surface area contributed by atoms with Crippen LogP contribution in [0.2, 0.25) is 5.02 Å². The van der Waals surface area contributed by atoms with Crippen LogP contribution in [0.15, 0.2) is 18.2 Å². The number of hydrogen-bond acceptors (Lipinski definition) is 0. The van der Waals surface area contributed by atoms with Gasteiger partial charge in [0.2, 0.25) is 5.69 Å². The summed E-state index contributed by atoms with van der Waals surface area (Å²) in [4.78, 5) is 3.25. The molecule has 1 aromatic carbocycles. The van der Waals surface area contributed by atoms with E-state index in [1.54, 1.807) is 12.1 Å². The summed E-state index contributed by atoms with van der Waals surface area (Å²) >= 11 is 5.68.